The number of hydrogen-bond donors (Lipinski definition) is 1. The molecule has 0 radical (unpaired) electrons. The standard InChI is InChI=1S/C15H18OS/c16-15(10-5-2-6-11-15)12-7-13-17-14-8-3-1-4-9-14/h1,3-4,8-9,16H,2,5-6,10-11,13H2. The molecule has 17 heavy (non-hydrogen) atoms. The van der Waals surface area contributed by atoms with Crippen LogP contribution in [0.1, 0.15) is 32.1 Å². The van der Waals surface area contributed by atoms with E-state index in [2.05, 4.69) is 24.0 Å². The van der Waals surface area contributed by atoms with Gasteiger partial charge in [0.2, 0.25) is 0 Å². The monoisotopic (exact) mass is 246 g/mol. The Labute approximate surface area is 108 Å². The lowest BCUT2D eigenvalue weighted by atomic mass is 9.85. The van der Waals surface area contributed by atoms with E-state index in [1.807, 2.05) is 18.2 Å². The summed E-state index contributed by atoms with van der Waals surface area (Å²) in [4.78, 5) is 1.23. The molecule has 1 saturated carbocycles. The molecule has 2 rings (SSSR count). The van der Waals surface area contributed by atoms with Crippen LogP contribution in [0.5, 0.6) is 0 Å². The van der Waals surface area contributed by atoms with Crippen LogP contribution in [0, 0.1) is 11.8 Å². The Morgan fingerprint density at radius 1 is 1.12 bits per heavy atom. The van der Waals surface area contributed by atoms with Crippen molar-refractivity contribution in [1.29, 1.82) is 0 Å². The molecule has 1 aliphatic carbocycles. The summed E-state index contributed by atoms with van der Waals surface area (Å²) in [5.74, 6) is 6.92. The first-order valence-corrected chi connectivity index (χ1v) is 7.17. The molecule has 90 valence electrons. The highest BCUT2D eigenvalue weighted by Gasteiger charge is 2.26. The van der Waals surface area contributed by atoms with Gasteiger partial charge in [0.1, 0.15) is 5.60 Å². The smallest absolute Gasteiger partial charge is 0.125 e. The summed E-state index contributed by atoms with van der Waals surface area (Å²) >= 11 is 1.72. The summed E-state index contributed by atoms with van der Waals surface area (Å²) in [6.07, 6.45) is 5.14. The van der Waals surface area contributed by atoms with Gasteiger partial charge < -0.3 is 5.11 Å². The van der Waals surface area contributed by atoms with Gasteiger partial charge in [-0.15, -0.1) is 11.8 Å². The first kappa shape index (κ1) is 12.5. The van der Waals surface area contributed by atoms with Gasteiger partial charge in [0.25, 0.3) is 0 Å². The number of aliphatic hydroxyl groups is 1. The molecule has 0 aromatic heterocycles. The zero-order chi connectivity index (χ0) is 12.0. The van der Waals surface area contributed by atoms with E-state index in [4.69, 9.17) is 0 Å². The third kappa shape index (κ3) is 4.11. The molecule has 1 N–H and O–H groups in total. The molecule has 0 atom stereocenters. The molecule has 1 nitrogen and oxygen atoms in total. The fourth-order valence-corrected chi connectivity index (χ4v) is 2.76. The second-order valence-electron chi connectivity index (χ2n) is 4.50. The van der Waals surface area contributed by atoms with Gasteiger partial charge in [-0.25, -0.2) is 0 Å². The fraction of sp³-hybridized carbons (Fsp3) is 0.467. The zero-order valence-electron chi connectivity index (χ0n) is 9.98. The molecule has 0 amide bonds. The highest BCUT2D eigenvalue weighted by molar-refractivity contribution is 7.99. The second kappa shape index (κ2) is 6.14. The number of rotatable bonds is 2. The van der Waals surface area contributed by atoms with Crippen molar-refractivity contribution >= 4 is 11.8 Å². The van der Waals surface area contributed by atoms with Gasteiger partial charge in [-0.1, -0.05) is 36.5 Å². The Balaban J connectivity index is 1.82. The molecule has 0 heterocycles. The maximum Gasteiger partial charge on any atom is 0.125 e. The van der Waals surface area contributed by atoms with E-state index in [1.54, 1.807) is 11.8 Å². The van der Waals surface area contributed by atoms with Crippen LogP contribution in [0.3, 0.4) is 0 Å². The highest BCUT2D eigenvalue weighted by atomic mass is 32.2. The Morgan fingerprint density at radius 3 is 2.53 bits per heavy atom. The average molecular weight is 246 g/mol. The van der Waals surface area contributed by atoms with Crippen molar-refractivity contribution in [3.8, 4) is 11.8 Å². The minimum absolute atomic E-state index is 0.699. The quantitative estimate of drug-likeness (QED) is 0.637. The number of benzene rings is 1. The fourth-order valence-electron chi connectivity index (χ4n) is 2.10. The number of hydrogen-bond acceptors (Lipinski definition) is 2. The van der Waals surface area contributed by atoms with Crippen LogP contribution < -0.4 is 0 Å². The topological polar surface area (TPSA) is 20.2 Å². The average Bonchev–Trinajstić information content (AvgIpc) is 2.37. The summed E-state index contributed by atoms with van der Waals surface area (Å²) in [7, 11) is 0. The van der Waals surface area contributed by atoms with Gasteiger partial charge in [0.15, 0.2) is 0 Å². The summed E-state index contributed by atoms with van der Waals surface area (Å²) in [5, 5.41) is 10.2. The van der Waals surface area contributed by atoms with Crippen molar-refractivity contribution in [2.45, 2.75) is 42.6 Å². The van der Waals surface area contributed by atoms with Gasteiger partial charge in [-0.05, 0) is 37.8 Å². The summed E-state index contributed by atoms with van der Waals surface area (Å²) in [6, 6.07) is 10.2. The van der Waals surface area contributed by atoms with Crippen molar-refractivity contribution < 1.29 is 5.11 Å². The predicted octanol–water partition coefficient (Wildman–Crippen LogP) is 3.48. The molecule has 1 aromatic carbocycles. The van der Waals surface area contributed by atoms with E-state index in [0.717, 1.165) is 31.4 Å². The molecule has 0 aliphatic heterocycles. The minimum atomic E-state index is -0.699. The second-order valence-corrected chi connectivity index (χ2v) is 5.54. The lowest BCUT2D eigenvalue weighted by molar-refractivity contribution is 0.0610. The van der Waals surface area contributed by atoms with Crippen LogP contribution in [0.2, 0.25) is 0 Å². The SMILES string of the molecule is OC1(C#CCSc2ccccc2)CCCCC1. The zero-order valence-corrected chi connectivity index (χ0v) is 10.8. The minimum Gasteiger partial charge on any atom is -0.378 e. The van der Waals surface area contributed by atoms with Crippen molar-refractivity contribution in [3.63, 3.8) is 0 Å². The Bertz CT molecular complexity index is 396. The van der Waals surface area contributed by atoms with Crippen LogP contribution in [0.25, 0.3) is 0 Å². The van der Waals surface area contributed by atoms with Crippen LogP contribution in [-0.4, -0.2) is 16.5 Å². The third-order valence-electron chi connectivity index (χ3n) is 3.06. The van der Waals surface area contributed by atoms with Crippen LogP contribution in [0.4, 0.5) is 0 Å². The molecule has 1 aromatic rings. The van der Waals surface area contributed by atoms with Gasteiger partial charge >= 0.3 is 0 Å². The summed E-state index contributed by atoms with van der Waals surface area (Å²) in [6.45, 7) is 0. The van der Waals surface area contributed by atoms with E-state index in [9.17, 15) is 5.11 Å². The lowest BCUT2D eigenvalue weighted by Crippen LogP contribution is -2.29. The van der Waals surface area contributed by atoms with E-state index in [1.165, 1.54) is 11.3 Å². The van der Waals surface area contributed by atoms with Crippen molar-refractivity contribution in [1.82, 2.24) is 0 Å². The third-order valence-corrected chi connectivity index (χ3v) is 3.95. The maximum absolute atomic E-state index is 10.2. The molecule has 0 bridgehead atoms. The lowest BCUT2D eigenvalue weighted by Gasteiger charge is -2.26. The van der Waals surface area contributed by atoms with Crippen LogP contribution in [-0.2, 0) is 0 Å². The molecule has 0 unspecified atom stereocenters. The predicted molar refractivity (Wildman–Crippen MR) is 73.0 cm³/mol. The van der Waals surface area contributed by atoms with Crippen LogP contribution in [0.15, 0.2) is 35.2 Å². The van der Waals surface area contributed by atoms with E-state index < -0.39 is 5.60 Å². The van der Waals surface area contributed by atoms with E-state index >= 15 is 0 Å². The number of thioether (sulfide) groups is 1. The molecule has 0 saturated heterocycles. The van der Waals surface area contributed by atoms with Crippen LogP contribution >= 0.6 is 11.8 Å². The van der Waals surface area contributed by atoms with Gasteiger partial charge in [-0.3, -0.25) is 0 Å². The molecule has 0 spiro atoms. The largest absolute Gasteiger partial charge is 0.378 e. The Hall–Kier alpha value is -0.910. The Morgan fingerprint density at radius 2 is 1.82 bits per heavy atom. The van der Waals surface area contributed by atoms with Crippen molar-refractivity contribution in [2.24, 2.45) is 0 Å². The molecule has 1 aliphatic rings. The molecule has 2 heteroatoms. The maximum atomic E-state index is 10.2. The molecular weight excluding hydrogens is 228 g/mol. The normalized spacial score (nSPS) is 18.2. The van der Waals surface area contributed by atoms with Gasteiger partial charge in [0.05, 0.1) is 5.75 Å². The summed E-state index contributed by atoms with van der Waals surface area (Å²) in [5.41, 5.74) is -0.699. The summed E-state index contributed by atoms with van der Waals surface area (Å²) < 4.78 is 0. The van der Waals surface area contributed by atoms with Crippen molar-refractivity contribution in [2.75, 3.05) is 5.75 Å². The van der Waals surface area contributed by atoms with Crippen molar-refractivity contribution in [3.05, 3.63) is 30.3 Å². The van der Waals surface area contributed by atoms with E-state index in [-0.39, 0.29) is 0 Å². The molecule has 1 fully saturated rings. The highest BCUT2D eigenvalue weighted by Crippen LogP contribution is 2.27. The van der Waals surface area contributed by atoms with Gasteiger partial charge in [0, 0.05) is 4.90 Å². The first-order chi connectivity index (χ1) is 8.29. The Kier molecular flexibility index (Phi) is 4.53. The first-order valence-electron chi connectivity index (χ1n) is 6.19. The van der Waals surface area contributed by atoms with E-state index in [0.29, 0.717) is 0 Å². The van der Waals surface area contributed by atoms with Gasteiger partial charge in [-0.2, -0.15) is 0 Å². The molecular formula is C15H18OS.